The summed E-state index contributed by atoms with van der Waals surface area (Å²) in [5.74, 6) is -0.561. The van der Waals surface area contributed by atoms with E-state index in [9.17, 15) is 9.18 Å². The topological polar surface area (TPSA) is 53.2 Å². The molecular formula is C15H16FN3OS2. The van der Waals surface area contributed by atoms with Gasteiger partial charge in [-0.15, -0.1) is 11.3 Å². The van der Waals surface area contributed by atoms with Gasteiger partial charge in [0.15, 0.2) is 5.11 Å². The fourth-order valence-electron chi connectivity index (χ4n) is 1.85. The summed E-state index contributed by atoms with van der Waals surface area (Å²) in [6.45, 7) is 4.04. The lowest BCUT2D eigenvalue weighted by Crippen LogP contribution is -2.43. The second-order valence-corrected chi connectivity index (χ2v) is 6.16. The van der Waals surface area contributed by atoms with Crippen molar-refractivity contribution in [1.82, 2.24) is 10.9 Å². The van der Waals surface area contributed by atoms with Crippen molar-refractivity contribution in [2.75, 3.05) is 5.32 Å². The highest BCUT2D eigenvalue weighted by Gasteiger charge is 2.11. The van der Waals surface area contributed by atoms with Crippen LogP contribution in [0.15, 0.2) is 30.3 Å². The van der Waals surface area contributed by atoms with E-state index in [1.807, 2.05) is 13.0 Å². The molecule has 2 rings (SSSR count). The maximum Gasteiger partial charge on any atom is 0.279 e. The van der Waals surface area contributed by atoms with Gasteiger partial charge in [0.2, 0.25) is 0 Å². The van der Waals surface area contributed by atoms with Crippen molar-refractivity contribution >= 4 is 40.3 Å². The lowest BCUT2D eigenvalue weighted by Gasteiger charge is -2.10. The van der Waals surface area contributed by atoms with Crippen LogP contribution in [0.5, 0.6) is 0 Å². The largest absolute Gasteiger partial charge is 0.331 e. The van der Waals surface area contributed by atoms with Crippen LogP contribution in [0, 0.1) is 12.7 Å². The standard InChI is InChI=1S/C15H16FN3OS2/c1-3-12-9(2)8-13(22-12)14(20)18-19-15(21)17-11-6-4-10(16)5-7-11/h4-8H,3H2,1-2H3,(H,18,20)(H2,17,19,21). The van der Waals surface area contributed by atoms with Gasteiger partial charge in [0.05, 0.1) is 4.88 Å². The monoisotopic (exact) mass is 337 g/mol. The Morgan fingerprint density at radius 2 is 1.95 bits per heavy atom. The number of thiophene rings is 1. The molecule has 0 atom stereocenters. The van der Waals surface area contributed by atoms with Crippen LogP contribution in [0.2, 0.25) is 0 Å². The number of halogens is 1. The van der Waals surface area contributed by atoms with E-state index < -0.39 is 0 Å². The van der Waals surface area contributed by atoms with Gasteiger partial charge in [0, 0.05) is 10.6 Å². The first-order chi connectivity index (χ1) is 10.5. The number of thiocarbonyl (C=S) groups is 1. The molecule has 1 heterocycles. The summed E-state index contributed by atoms with van der Waals surface area (Å²) < 4.78 is 12.8. The third-order valence-corrected chi connectivity index (χ3v) is 4.54. The van der Waals surface area contributed by atoms with Crippen molar-refractivity contribution in [3.8, 4) is 0 Å². The molecule has 22 heavy (non-hydrogen) atoms. The van der Waals surface area contributed by atoms with E-state index in [-0.39, 0.29) is 16.8 Å². The Hall–Kier alpha value is -1.99. The van der Waals surface area contributed by atoms with Crippen LogP contribution in [0.3, 0.4) is 0 Å². The van der Waals surface area contributed by atoms with E-state index in [1.54, 1.807) is 12.1 Å². The third kappa shape index (κ3) is 4.25. The summed E-state index contributed by atoms with van der Waals surface area (Å²) >= 11 is 6.53. The van der Waals surface area contributed by atoms with Gasteiger partial charge in [-0.25, -0.2) is 4.39 Å². The molecule has 1 amide bonds. The summed E-state index contributed by atoms with van der Waals surface area (Å²) in [5.41, 5.74) is 6.91. The molecule has 0 saturated heterocycles. The van der Waals surface area contributed by atoms with E-state index in [2.05, 4.69) is 23.1 Å². The highest BCUT2D eigenvalue weighted by atomic mass is 32.1. The third-order valence-electron chi connectivity index (χ3n) is 2.96. The van der Waals surface area contributed by atoms with E-state index >= 15 is 0 Å². The number of aryl methyl sites for hydroxylation is 2. The minimum absolute atomic E-state index is 0.226. The second kappa shape index (κ2) is 7.33. The van der Waals surface area contributed by atoms with Crippen LogP contribution in [-0.4, -0.2) is 11.0 Å². The predicted octanol–water partition coefficient (Wildman–Crippen LogP) is 3.39. The Kier molecular flexibility index (Phi) is 5.46. The molecule has 0 bridgehead atoms. The normalized spacial score (nSPS) is 10.1. The van der Waals surface area contributed by atoms with Crippen molar-refractivity contribution in [3.63, 3.8) is 0 Å². The molecule has 7 heteroatoms. The highest BCUT2D eigenvalue weighted by molar-refractivity contribution is 7.80. The number of amides is 1. The molecule has 1 aromatic carbocycles. The van der Waals surface area contributed by atoms with Crippen LogP contribution < -0.4 is 16.2 Å². The maximum absolute atomic E-state index is 12.8. The van der Waals surface area contributed by atoms with E-state index in [0.29, 0.717) is 10.6 Å². The Morgan fingerprint density at radius 3 is 2.55 bits per heavy atom. The molecule has 0 aliphatic heterocycles. The molecule has 0 radical (unpaired) electrons. The number of carbonyl (C=O) groups is 1. The van der Waals surface area contributed by atoms with Crippen molar-refractivity contribution < 1.29 is 9.18 Å². The number of rotatable bonds is 3. The zero-order valence-electron chi connectivity index (χ0n) is 12.2. The summed E-state index contributed by atoms with van der Waals surface area (Å²) in [4.78, 5) is 13.9. The number of hydrazine groups is 1. The number of anilines is 1. The molecule has 3 N–H and O–H groups in total. The van der Waals surface area contributed by atoms with E-state index in [1.165, 1.54) is 28.3 Å². The number of carbonyl (C=O) groups excluding carboxylic acids is 1. The van der Waals surface area contributed by atoms with E-state index in [0.717, 1.165) is 12.0 Å². The van der Waals surface area contributed by atoms with Gasteiger partial charge in [-0.2, -0.15) is 0 Å². The molecule has 4 nitrogen and oxygen atoms in total. The highest BCUT2D eigenvalue weighted by Crippen LogP contribution is 2.21. The SMILES string of the molecule is CCc1sc(C(=O)NNC(=S)Nc2ccc(F)cc2)cc1C. The summed E-state index contributed by atoms with van der Waals surface area (Å²) in [6.07, 6.45) is 0.905. The lowest BCUT2D eigenvalue weighted by molar-refractivity contribution is 0.0948. The minimum Gasteiger partial charge on any atom is -0.331 e. The fraction of sp³-hybridized carbons (Fsp3) is 0.200. The Morgan fingerprint density at radius 1 is 1.27 bits per heavy atom. The lowest BCUT2D eigenvalue weighted by atomic mass is 10.2. The smallest absolute Gasteiger partial charge is 0.279 e. The molecular weight excluding hydrogens is 321 g/mol. The van der Waals surface area contributed by atoms with Crippen molar-refractivity contribution in [2.45, 2.75) is 20.3 Å². The van der Waals surface area contributed by atoms with Gasteiger partial charge in [0.1, 0.15) is 5.82 Å². The Labute approximate surface area is 137 Å². The van der Waals surface area contributed by atoms with Gasteiger partial charge in [0.25, 0.3) is 5.91 Å². The molecule has 0 fully saturated rings. The van der Waals surface area contributed by atoms with Crippen LogP contribution in [0.1, 0.15) is 27.0 Å². The van der Waals surface area contributed by atoms with Crippen molar-refractivity contribution in [3.05, 3.63) is 51.5 Å². The summed E-state index contributed by atoms with van der Waals surface area (Å²) in [6, 6.07) is 7.62. The first-order valence-electron chi connectivity index (χ1n) is 6.71. The minimum atomic E-state index is -0.322. The van der Waals surface area contributed by atoms with Gasteiger partial charge < -0.3 is 5.32 Å². The first kappa shape index (κ1) is 16.4. The number of benzene rings is 1. The molecule has 116 valence electrons. The summed E-state index contributed by atoms with van der Waals surface area (Å²) in [7, 11) is 0. The average Bonchev–Trinajstić information content (AvgIpc) is 2.88. The zero-order valence-corrected chi connectivity index (χ0v) is 13.8. The number of hydrogen-bond donors (Lipinski definition) is 3. The van der Waals surface area contributed by atoms with Crippen LogP contribution in [0.25, 0.3) is 0 Å². The summed E-state index contributed by atoms with van der Waals surface area (Å²) in [5, 5.41) is 3.07. The molecule has 2 aromatic rings. The van der Waals surface area contributed by atoms with Crippen LogP contribution in [0.4, 0.5) is 10.1 Å². The van der Waals surface area contributed by atoms with Gasteiger partial charge >= 0.3 is 0 Å². The number of nitrogens with one attached hydrogen (secondary N) is 3. The van der Waals surface area contributed by atoms with Gasteiger partial charge in [-0.3, -0.25) is 15.6 Å². The Balaban J connectivity index is 1.87. The molecule has 0 unspecified atom stereocenters. The van der Waals surface area contributed by atoms with Gasteiger partial charge in [-0.05, 0) is 61.5 Å². The van der Waals surface area contributed by atoms with E-state index in [4.69, 9.17) is 12.2 Å². The predicted molar refractivity (Wildman–Crippen MR) is 91.7 cm³/mol. The molecule has 0 aliphatic carbocycles. The first-order valence-corrected chi connectivity index (χ1v) is 7.94. The molecule has 0 spiro atoms. The second-order valence-electron chi connectivity index (χ2n) is 4.61. The maximum atomic E-state index is 12.8. The molecule has 0 saturated carbocycles. The van der Waals surface area contributed by atoms with Crippen LogP contribution >= 0.6 is 23.6 Å². The molecule has 1 aromatic heterocycles. The van der Waals surface area contributed by atoms with Crippen molar-refractivity contribution in [1.29, 1.82) is 0 Å². The van der Waals surface area contributed by atoms with Crippen molar-refractivity contribution in [2.24, 2.45) is 0 Å². The zero-order chi connectivity index (χ0) is 16.1. The number of hydrogen-bond acceptors (Lipinski definition) is 3. The molecule has 0 aliphatic rings. The fourth-order valence-corrected chi connectivity index (χ4v) is 3.03. The quantitative estimate of drug-likeness (QED) is 0.594. The van der Waals surface area contributed by atoms with Crippen LogP contribution in [-0.2, 0) is 6.42 Å². The van der Waals surface area contributed by atoms with Gasteiger partial charge in [-0.1, -0.05) is 6.92 Å². The average molecular weight is 337 g/mol. The Bertz CT molecular complexity index is 683.